The summed E-state index contributed by atoms with van der Waals surface area (Å²) in [5, 5.41) is 5.09. The number of fused-ring (bicyclic) bond motifs is 1. The highest BCUT2D eigenvalue weighted by atomic mass is 32.2. The molecule has 7 heteroatoms. The van der Waals surface area contributed by atoms with E-state index in [1.54, 1.807) is 42.5 Å². The fourth-order valence-corrected chi connectivity index (χ4v) is 4.56. The lowest BCUT2D eigenvalue weighted by Crippen LogP contribution is -2.30. The van der Waals surface area contributed by atoms with Crippen LogP contribution in [0.5, 0.6) is 0 Å². The van der Waals surface area contributed by atoms with Crippen molar-refractivity contribution in [3.05, 3.63) is 114 Å². The van der Waals surface area contributed by atoms with Gasteiger partial charge in [0.2, 0.25) is 10.0 Å². The quantitative estimate of drug-likeness (QED) is 0.426. The molecule has 0 atom stereocenters. The van der Waals surface area contributed by atoms with E-state index < -0.39 is 15.8 Å². The molecule has 0 aliphatic heterocycles. The maximum atomic E-state index is 14.1. The summed E-state index contributed by atoms with van der Waals surface area (Å²) in [6, 6.07) is 26.2. The number of halogens is 1. The van der Waals surface area contributed by atoms with Crippen molar-refractivity contribution in [3.63, 3.8) is 0 Å². The maximum Gasteiger partial charge on any atom is 0.251 e. The van der Waals surface area contributed by atoms with Crippen LogP contribution in [0.25, 0.3) is 10.8 Å². The minimum atomic E-state index is -3.67. The van der Waals surface area contributed by atoms with Crippen LogP contribution < -0.4 is 9.62 Å². The van der Waals surface area contributed by atoms with E-state index in [-0.39, 0.29) is 18.0 Å². The standard InChI is InChI=1S/C26H23FN2O3S/c1-33(31,32)29(18-22-8-3-5-12-25(22)27)23-15-13-20(14-16-23)26(30)28-17-21-10-6-9-19-7-2-4-11-24(19)21/h2-16H,17-18H2,1H3,(H,28,30). The second-order valence-corrected chi connectivity index (χ2v) is 9.64. The van der Waals surface area contributed by atoms with Crippen LogP contribution in [-0.2, 0) is 23.1 Å². The third kappa shape index (κ3) is 5.21. The Hall–Kier alpha value is -3.71. The lowest BCUT2D eigenvalue weighted by molar-refractivity contribution is 0.0951. The molecule has 5 nitrogen and oxygen atoms in total. The topological polar surface area (TPSA) is 66.5 Å². The first-order valence-corrected chi connectivity index (χ1v) is 12.2. The molecule has 168 valence electrons. The van der Waals surface area contributed by atoms with Crippen molar-refractivity contribution in [1.29, 1.82) is 0 Å². The van der Waals surface area contributed by atoms with Crippen LogP contribution in [0.15, 0.2) is 91.0 Å². The minimum absolute atomic E-state index is 0.141. The lowest BCUT2D eigenvalue weighted by atomic mass is 10.0. The van der Waals surface area contributed by atoms with Gasteiger partial charge in [0.05, 0.1) is 18.5 Å². The highest BCUT2D eigenvalue weighted by Gasteiger charge is 2.20. The van der Waals surface area contributed by atoms with Gasteiger partial charge in [-0.05, 0) is 46.7 Å². The third-order valence-corrected chi connectivity index (χ3v) is 6.55. The number of amides is 1. The number of hydrogen-bond acceptors (Lipinski definition) is 3. The van der Waals surface area contributed by atoms with Crippen LogP contribution >= 0.6 is 0 Å². The van der Waals surface area contributed by atoms with Gasteiger partial charge in [0.15, 0.2) is 0 Å². The molecule has 33 heavy (non-hydrogen) atoms. The molecule has 0 saturated carbocycles. The molecule has 0 aliphatic rings. The number of carbonyl (C=O) groups excluding carboxylic acids is 1. The van der Waals surface area contributed by atoms with E-state index in [9.17, 15) is 17.6 Å². The van der Waals surface area contributed by atoms with Crippen molar-refractivity contribution in [3.8, 4) is 0 Å². The molecule has 4 aromatic carbocycles. The first-order chi connectivity index (χ1) is 15.8. The predicted octanol–water partition coefficient (Wildman–Crippen LogP) is 4.88. The molecule has 0 heterocycles. The zero-order valence-electron chi connectivity index (χ0n) is 18.0. The number of carbonyl (C=O) groups is 1. The van der Waals surface area contributed by atoms with E-state index in [1.165, 1.54) is 6.07 Å². The molecule has 4 aromatic rings. The van der Waals surface area contributed by atoms with Crippen molar-refractivity contribution >= 4 is 32.4 Å². The van der Waals surface area contributed by atoms with Crippen LogP contribution in [0.2, 0.25) is 0 Å². The molecule has 0 spiro atoms. The van der Waals surface area contributed by atoms with E-state index in [4.69, 9.17) is 0 Å². The van der Waals surface area contributed by atoms with Crippen LogP contribution in [0.3, 0.4) is 0 Å². The molecular weight excluding hydrogens is 439 g/mol. The van der Waals surface area contributed by atoms with Gasteiger partial charge in [0.1, 0.15) is 5.82 Å². The molecule has 0 aliphatic carbocycles. The molecule has 0 aromatic heterocycles. The Morgan fingerprint density at radius 3 is 2.21 bits per heavy atom. The van der Waals surface area contributed by atoms with Crippen molar-refractivity contribution in [1.82, 2.24) is 5.32 Å². The van der Waals surface area contributed by atoms with E-state index in [1.807, 2.05) is 42.5 Å². The molecule has 0 saturated heterocycles. The van der Waals surface area contributed by atoms with Gasteiger partial charge in [-0.25, -0.2) is 12.8 Å². The zero-order chi connectivity index (χ0) is 23.4. The largest absolute Gasteiger partial charge is 0.348 e. The molecular formula is C26H23FN2O3S. The van der Waals surface area contributed by atoms with Gasteiger partial charge in [0.25, 0.3) is 5.91 Å². The average molecular weight is 463 g/mol. The molecule has 0 radical (unpaired) electrons. The Morgan fingerprint density at radius 2 is 1.48 bits per heavy atom. The number of sulfonamides is 1. The van der Waals surface area contributed by atoms with E-state index in [0.29, 0.717) is 17.8 Å². The monoisotopic (exact) mass is 462 g/mol. The molecule has 1 N–H and O–H groups in total. The number of rotatable bonds is 7. The second-order valence-electron chi connectivity index (χ2n) is 7.73. The van der Waals surface area contributed by atoms with E-state index in [2.05, 4.69) is 5.32 Å². The summed E-state index contributed by atoms with van der Waals surface area (Å²) in [6.45, 7) is 0.225. The number of nitrogens with one attached hydrogen (secondary N) is 1. The fourth-order valence-electron chi connectivity index (χ4n) is 3.68. The van der Waals surface area contributed by atoms with E-state index in [0.717, 1.165) is 26.9 Å². The van der Waals surface area contributed by atoms with Gasteiger partial charge in [-0.1, -0.05) is 60.7 Å². The summed E-state index contributed by atoms with van der Waals surface area (Å²) in [4.78, 5) is 12.7. The highest BCUT2D eigenvalue weighted by molar-refractivity contribution is 7.92. The van der Waals surface area contributed by atoms with Gasteiger partial charge in [-0.15, -0.1) is 0 Å². The zero-order valence-corrected chi connectivity index (χ0v) is 18.8. The Morgan fingerprint density at radius 1 is 0.848 bits per heavy atom. The summed E-state index contributed by atoms with van der Waals surface area (Å²) >= 11 is 0. The SMILES string of the molecule is CS(=O)(=O)N(Cc1ccccc1F)c1ccc(C(=O)NCc2cccc3ccccc23)cc1. The number of hydrogen-bond donors (Lipinski definition) is 1. The number of anilines is 1. The molecule has 0 bridgehead atoms. The normalized spacial score (nSPS) is 11.3. The summed E-state index contributed by atoms with van der Waals surface area (Å²) in [7, 11) is -3.67. The van der Waals surface area contributed by atoms with E-state index >= 15 is 0 Å². The van der Waals surface area contributed by atoms with Crippen molar-refractivity contribution in [2.45, 2.75) is 13.1 Å². The van der Waals surface area contributed by atoms with Gasteiger partial charge >= 0.3 is 0 Å². The van der Waals surface area contributed by atoms with Crippen molar-refractivity contribution in [2.75, 3.05) is 10.6 Å². The Labute approximate surface area is 192 Å². The first kappa shape index (κ1) is 22.5. The van der Waals surface area contributed by atoms with Gasteiger partial charge < -0.3 is 5.32 Å². The van der Waals surface area contributed by atoms with Crippen LogP contribution in [0, 0.1) is 5.82 Å². The summed E-state index contributed by atoms with van der Waals surface area (Å²) in [5.74, 6) is -0.745. The molecule has 0 fully saturated rings. The van der Waals surface area contributed by atoms with Crippen LogP contribution in [0.4, 0.5) is 10.1 Å². The molecule has 0 unspecified atom stereocenters. The number of benzene rings is 4. The first-order valence-electron chi connectivity index (χ1n) is 10.4. The number of nitrogens with zero attached hydrogens (tertiary/aromatic N) is 1. The predicted molar refractivity (Wildman–Crippen MR) is 129 cm³/mol. The Balaban J connectivity index is 1.50. The second kappa shape index (κ2) is 9.42. The van der Waals surface area contributed by atoms with Crippen molar-refractivity contribution in [2.24, 2.45) is 0 Å². The van der Waals surface area contributed by atoms with Crippen molar-refractivity contribution < 1.29 is 17.6 Å². The Bertz CT molecular complexity index is 1400. The van der Waals surface area contributed by atoms with Gasteiger partial charge in [0, 0.05) is 17.7 Å². The smallest absolute Gasteiger partial charge is 0.251 e. The lowest BCUT2D eigenvalue weighted by Gasteiger charge is -2.23. The molecule has 1 amide bonds. The summed E-state index contributed by atoms with van der Waals surface area (Å²) in [6.07, 6.45) is 1.07. The third-order valence-electron chi connectivity index (χ3n) is 5.41. The van der Waals surface area contributed by atoms with Crippen LogP contribution in [0.1, 0.15) is 21.5 Å². The molecule has 4 rings (SSSR count). The summed E-state index contributed by atoms with van der Waals surface area (Å²) in [5.41, 5.74) is 2.02. The maximum absolute atomic E-state index is 14.1. The average Bonchev–Trinajstić information content (AvgIpc) is 2.81. The minimum Gasteiger partial charge on any atom is -0.348 e. The highest BCUT2D eigenvalue weighted by Crippen LogP contribution is 2.23. The Kier molecular flexibility index (Phi) is 6.42. The fraction of sp³-hybridized carbons (Fsp3) is 0.115. The summed E-state index contributed by atoms with van der Waals surface area (Å²) < 4.78 is 39.9. The van der Waals surface area contributed by atoms with Gasteiger partial charge in [-0.3, -0.25) is 9.10 Å². The van der Waals surface area contributed by atoms with Crippen LogP contribution in [-0.4, -0.2) is 20.6 Å². The van der Waals surface area contributed by atoms with Gasteiger partial charge in [-0.2, -0.15) is 0 Å².